The summed E-state index contributed by atoms with van der Waals surface area (Å²) in [5.74, 6) is -0.252. The molecule has 0 bridgehead atoms. The van der Waals surface area contributed by atoms with Gasteiger partial charge in [-0.2, -0.15) is 0 Å². The number of carbonyl (C=O) groups excluding carboxylic acids is 1. The lowest BCUT2D eigenvalue weighted by molar-refractivity contribution is -0.390. The zero-order valence-electron chi connectivity index (χ0n) is 16.6. The van der Waals surface area contributed by atoms with E-state index in [1.165, 1.54) is 13.0 Å². The van der Waals surface area contributed by atoms with Crippen molar-refractivity contribution in [2.24, 2.45) is 0 Å². The highest BCUT2D eigenvalue weighted by atomic mass is 16.6. The fourth-order valence-electron chi connectivity index (χ4n) is 2.62. The van der Waals surface area contributed by atoms with Crippen molar-refractivity contribution in [1.82, 2.24) is 4.98 Å². The van der Waals surface area contributed by atoms with Gasteiger partial charge in [-0.15, -0.1) is 0 Å². The Morgan fingerprint density at radius 2 is 1.80 bits per heavy atom. The van der Waals surface area contributed by atoms with Crippen LogP contribution in [0.1, 0.15) is 18.2 Å². The second-order valence-corrected chi connectivity index (χ2v) is 6.58. The van der Waals surface area contributed by atoms with Gasteiger partial charge in [-0.3, -0.25) is 4.79 Å². The van der Waals surface area contributed by atoms with Crippen LogP contribution in [-0.2, 0) is 11.4 Å². The topological polar surface area (TPSA) is 104 Å². The van der Waals surface area contributed by atoms with Crippen molar-refractivity contribution in [3.63, 3.8) is 0 Å². The summed E-state index contributed by atoms with van der Waals surface area (Å²) in [7, 11) is 0. The first kappa shape index (κ1) is 20.8. The monoisotopic (exact) mass is 407 g/mol. The van der Waals surface area contributed by atoms with Crippen LogP contribution in [0.5, 0.6) is 11.5 Å². The van der Waals surface area contributed by atoms with Gasteiger partial charge in [0.2, 0.25) is 5.75 Å². The van der Waals surface area contributed by atoms with Crippen LogP contribution in [-0.4, -0.2) is 21.9 Å². The number of pyridine rings is 1. The summed E-state index contributed by atoms with van der Waals surface area (Å²) in [5, 5.41) is 13.9. The SMILES string of the molecule is Cc1ccc(OC(C)C(=O)Nc2ccc(OCc3ccccc3)cc2)c([N+](=O)[O-])n1. The fourth-order valence-corrected chi connectivity index (χ4v) is 2.62. The Labute approximate surface area is 173 Å². The zero-order valence-corrected chi connectivity index (χ0v) is 16.6. The standard InChI is InChI=1S/C22H21N3O5/c1-15-8-13-20(21(23-15)25(27)28)30-16(2)22(26)24-18-9-11-19(12-10-18)29-14-17-6-4-3-5-7-17/h3-13,16H,14H2,1-2H3,(H,24,26). The average Bonchev–Trinajstić information content (AvgIpc) is 2.75. The smallest absolute Gasteiger partial charge is 0.406 e. The van der Waals surface area contributed by atoms with E-state index in [1.807, 2.05) is 30.3 Å². The molecule has 1 N–H and O–H groups in total. The lowest BCUT2D eigenvalue weighted by Crippen LogP contribution is -2.30. The van der Waals surface area contributed by atoms with Crippen LogP contribution in [0.2, 0.25) is 0 Å². The van der Waals surface area contributed by atoms with Gasteiger partial charge >= 0.3 is 5.82 Å². The molecule has 8 nitrogen and oxygen atoms in total. The Morgan fingerprint density at radius 3 is 2.47 bits per heavy atom. The van der Waals surface area contributed by atoms with Crippen LogP contribution in [0, 0.1) is 17.0 Å². The molecule has 3 rings (SSSR count). The molecule has 0 saturated carbocycles. The molecule has 0 spiro atoms. The molecule has 30 heavy (non-hydrogen) atoms. The number of hydrogen-bond acceptors (Lipinski definition) is 6. The summed E-state index contributed by atoms with van der Waals surface area (Å²) in [5.41, 5.74) is 2.10. The number of nitro groups is 1. The lowest BCUT2D eigenvalue weighted by Gasteiger charge is -2.15. The Hall–Kier alpha value is -3.94. The van der Waals surface area contributed by atoms with Gasteiger partial charge in [0.15, 0.2) is 6.10 Å². The van der Waals surface area contributed by atoms with E-state index in [0.29, 0.717) is 23.7 Å². The highest BCUT2D eigenvalue weighted by Crippen LogP contribution is 2.26. The fraction of sp³-hybridized carbons (Fsp3) is 0.182. The van der Waals surface area contributed by atoms with E-state index in [9.17, 15) is 14.9 Å². The van der Waals surface area contributed by atoms with Crippen LogP contribution < -0.4 is 14.8 Å². The molecule has 8 heteroatoms. The van der Waals surface area contributed by atoms with Crippen molar-refractivity contribution >= 4 is 17.4 Å². The maximum atomic E-state index is 12.4. The van der Waals surface area contributed by atoms with Crippen molar-refractivity contribution in [2.45, 2.75) is 26.6 Å². The summed E-state index contributed by atoms with van der Waals surface area (Å²) >= 11 is 0. The van der Waals surface area contributed by atoms with Crippen molar-refractivity contribution in [3.05, 3.63) is 88.1 Å². The highest BCUT2D eigenvalue weighted by Gasteiger charge is 2.23. The Morgan fingerprint density at radius 1 is 1.10 bits per heavy atom. The third-order valence-corrected chi connectivity index (χ3v) is 4.19. The number of anilines is 1. The van der Waals surface area contributed by atoms with E-state index in [4.69, 9.17) is 9.47 Å². The summed E-state index contributed by atoms with van der Waals surface area (Å²) in [6.45, 7) is 3.59. The molecule has 0 aliphatic carbocycles. The highest BCUT2D eigenvalue weighted by molar-refractivity contribution is 5.94. The summed E-state index contributed by atoms with van der Waals surface area (Å²) in [6.07, 6.45) is -0.956. The average molecular weight is 407 g/mol. The van der Waals surface area contributed by atoms with Gasteiger partial charge in [0, 0.05) is 12.6 Å². The molecule has 1 amide bonds. The van der Waals surface area contributed by atoms with Gasteiger partial charge in [0.25, 0.3) is 5.91 Å². The molecule has 0 fully saturated rings. The van der Waals surface area contributed by atoms with Gasteiger partial charge in [0.1, 0.15) is 18.1 Å². The van der Waals surface area contributed by atoms with Gasteiger partial charge in [0.05, 0.1) is 0 Å². The van der Waals surface area contributed by atoms with Gasteiger partial charge in [-0.05, 0) is 58.8 Å². The van der Waals surface area contributed by atoms with Crippen LogP contribution in [0.3, 0.4) is 0 Å². The molecule has 154 valence electrons. The molecule has 0 aliphatic rings. The quantitative estimate of drug-likeness (QED) is 0.441. The molecule has 0 aliphatic heterocycles. The molecule has 1 atom stereocenters. The van der Waals surface area contributed by atoms with E-state index in [0.717, 1.165) is 5.56 Å². The molecule has 3 aromatic rings. The first-order valence-electron chi connectivity index (χ1n) is 9.29. The number of aryl methyl sites for hydroxylation is 1. The third kappa shape index (κ3) is 5.54. The number of nitrogens with zero attached hydrogens (tertiary/aromatic N) is 2. The number of hydrogen-bond donors (Lipinski definition) is 1. The molecular weight excluding hydrogens is 386 g/mol. The molecule has 1 heterocycles. The first-order chi connectivity index (χ1) is 14.4. The largest absolute Gasteiger partial charge is 0.489 e. The second-order valence-electron chi connectivity index (χ2n) is 6.58. The minimum absolute atomic E-state index is 0.0575. The minimum Gasteiger partial charge on any atom is -0.489 e. The second kappa shape index (κ2) is 9.51. The number of carbonyl (C=O) groups is 1. The van der Waals surface area contributed by atoms with E-state index >= 15 is 0 Å². The number of amides is 1. The van der Waals surface area contributed by atoms with E-state index in [2.05, 4.69) is 10.3 Å². The van der Waals surface area contributed by atoms with Gasteiger partial charge in [-0.1, -0.05) is 30.3 Å². The zero-order chi connectivity index (χ0) is 21.5. The molecule has 2 aromatic carbocycles. The molecular formula is C22H21N3O5. The van der Waals surface area contributed by atoms with Gasteiger partial charge < -0.3 is 24.9 Å². The summed E-state index contributed by atoms with van der Waals surface area (Å²) < 4.78 is 11.2. The van der Waals surface area contributed by atoms with E-state index in [1.54, 1.807) is 37.3 Å². The number of nitrogens with one attached hydrogen (secondary N) is 1. The number of ether oxygens (including phenoxy) is 2. The molecule has 0 radical (unpaired) electrons. The predicted molar refractivity (Wildman–Crippen MR) is 112 cm³/mol. The lowest BCUT2D eigenvalue weighted by atomic mass is 10.2. The van der Waals surface area contributed by atoms with Crippen LogP contribution >= 0.6 is 0 Å². The molecule has 0 saturated heterocycles. The van der Waals surface area contributed by atoms with Crippen LogP contribution in [0.4, 0.5) is 11.5 Å². The van der Waals surface area contributed by atoms with Crippen molar-refractivity contribution in [1.29, 1.82) is 0 Å². The maximum Gasteiger partial charge on any atom is 0.406 e. The van der Waals surface area contributed by atoms with E-state index in [-0.39, 0.29) is 5.75 Å². The summed E-state index contributed by atoms with van der Waals surface area (Å²) in [4.78, 5) is 26.8. The Kier molecular flexibility index (Phi) is 6.59. The predicted octanol–water partition coefficient (Wildman–Crippen LogP) is 4.28. The maximum absolute atomic E-state index is 12.4. The Bertz CT molecular complexity index is 1020. The van der Waals surface area contributed by atoms with E-state index < -0.39 is 22.8 Å². The normalized spacial score (nSPS) is 11.4. The van der Waals surface area contributed by atoms with Crippen molar-refractivity contribution in [3.8, 4) is 11.5 Å². The molecule has 1 unspecified atom stereocenters. The van der Waals surface area contributed by atoms with Crippen molar-refractivity contribution in [2.75, 3.05) is 5.32 Å². The summed E-state index contributed by atoms with van der Waals surface area (Å²) in [6, 6.07) is 19.7. The third-order valence-electron chi connectivity index (χ3n) is 4.19. The Balaban J connectivity index is 1.57. The van der Waals surface area contributed by atoms with Crippen LogP contribution in [0.15, 0.2) is 66.7 Å². The van der Waals surface area contributed by atoms with Gasteiger partial charge in [-0.25, -0.2) is 0 Å². The number of rotatable bonds is 8. The van der Waals surface area contributed by atoms with Crippen molar-refractivity contribution < 1.29 is 19.2 Å². The molecule has 1 aromatic heterocycles. The van der Waals surface area contributed by atoms with Crippen LogP contribution in [0.25, 0.3) is 0 Å². The minimum atomic E-state index is -0.956. The number of benzene rings is 2. The number of aromatic nitrogens is 1. The first-order valence-corrected chi connectivity index (χ1v) is 9.29.